The van der Waals surface area contributed by atoms with E-state index in [4.69, 9.17) is 23.3 Å². The number of nitrogens with zero attached hydrogens (tertiary/aromatic N) is 1. The molecule has 4 aromatic carbocycles. The molecule has 2 fully saturated rings. The minimum atomic E-state index is -3.76. The third-order valence-electron chi connectivity index (χ3n) is 9.61. The van der Waals surface area contributed by atoms with Crippen molar-refractivity contribution in [3.05, 3.63) is 119 Å². The van der Waals surface area contributed by atoms with Crippen LogP contribution < -0.4 is 20.1 Å². The minimum Gasteiger partial charge on any atom is -0.346 e. The summed E-state index contributed by atoms with van der Waals surface area (Å²) in [4.78, 5) is 4.70. The molecule has 0 unspecified atom stereocenters. The number of hydrogen-bond acceptors (Lipinski definition) is 9. The lowest BCUT2D eigenvalue weighted by Gasteiger charge is -2.22. The van der Waals surface area contributed by atoms with Gasteiger partial charge in [0, 0.05) is 36.0 Å². The van der Waals surface area contributed by atoms with Crippen LogP contribution in [0.2, 0.25) is 0 Å². The Morgan fingerprint density at radius 3 is 1.68 bits per heavy atom. The standard InChI is InChI=1S/C20H22FN3O2S.C19H20F2N2O2S2.H2N2.H2/c21-15-7-9-16(10-8-15)23-20-19-12-18(11-6-14(19)13-22-20)27(25,26)24-17-4-2-1-3-5-17;20-13-6-8-14(9-7-13)22-19(26)17-12-16(10-11-18(17)21)27(24,25)23-15-4-2-1-3-5-15;1-2;/h6-12,17,24H,1-5,13H2,(H,22,23);6-12,15,23H,1-5H2,(H,22,26);1-2H;1H. The molecule has 1 aliphatic heterocycles. The molecule has 0 radical (unpaired) electrons. The van der Waals surface area contributed by atoms with Crippen molar-refractivity contribution in [2.75, 3.05) is 10.6 Å². The molecular weight excluding hydrogens is 784 g/mol. The second-order valence-electron chi connectivity index (χ2n) is 13.6. The molecule has 0 atom stereocenters. The summed E-state index contributed by atoms with van der Waals surface area (Å²) in [5.74, 6) is -0.742. The third-order valence-corrected chi connectivity index (χ3v) is 13.0. The van der Waals surface area contributed by atoms with E-state index in [0.717, 1.165) is 75.0 Å². The van der Waals surface area contributed by atoms with Crippen molar-refractivity contribution in [1.82, 2.24) is 9.44 Å². The van der Waals surface area contributed by atoms with Gasteiger partial charge in [-0.3, -0.25) is 4.99 Å². The molecule has 56 heavy (non-hydrogen) atoms. The molecule has 0 aromatic heterocycles. The fraction of sp³-hybridized carbons (Fsp3) is 0.333. The largest absolute Gasteiger partial charge is 0.346 e. The van der Waals surface area contributed by atoms with Crippen LogP contribution in [0.15, 0.2) is 99.7 Å². The molecule has 7 rings (SSSR count). The van der Waals surface area contributed by atoms with Crippen molar-refractivity contribution in [3.8, 4) is 0 Å². The number of anilines is 2. The summed E-state index contributed by atoms with van der Waals surface area (Å²) in [6.45, 7) is 0.495. The quantitative estimate of drug-likeness (QED) is 0.0721. The van der Waals surface area contributed by atoms with Crippen molar-refractivity contribution < 1.29 is 31.4 Å². The first-order valence-corrected chi connectivity index (χ1v) is 21.6. The molecule has 17 heteroatoms. The fourth-order valence-electron chi connectivity index (χ4n) is 6.70. The summed E-state index contributed by atoms with van der Waals surface area (Å²) in [6, 6.07) is 20.0. The predicted octanol–water partition coefficient (Wildman–Crippen LogP) is 9.01. The van der Waals surface area contributed by atoms with E-state index in [1.54, 1.807) is 24.3 Å². The van der Waals surface area contributed by atoms with Crippen LogP contribution in [0.25, 0.3) is 0 Å². The number of hydrogen-bond donors (Lipinski definition) is 6. The van der Waals surface area contributed by atoms with Crippen LogP contribution in [0, 0.1) is 28.5 Å². The zero-order valence-electron chi connectivity index (χ0n) is 30.5. The smallest absolute Gasteiger partial charge is 0.240 e. The van der Waals surface area contributed by atoms with Gasteiger partial charge < -0.3 is 10.6 Å². The van der Waals surface area contributed by atoms with Gasteiger partial charge in [0.1, 0.15) is 28.3 Å². The lowest BCUT2D eigenvalue weighted by molar-refractivity contribution is 0.412. The van der Waals surface area contributed by atoms with Crippen LogP contribution in [0.3, 0.4) is 0 Å². The van der Waals surface area contributed by atoms with Crippen molar-refractivity contribution >= 4 is 54.5 Å². The summed E-state index contributed by atoms with van der Waals surface area (Å²) >= 11 is 5.21. The molecule has 0 bridgehead atoms. The van der Waals surface area contributed by atoms with Gasteiger partial charge in [0.15, 0.2) is 0 Å². The summed E-state index contributed by atoms with van der Waals surface area (Å²) < 4.78 is 96.7. The van der Waals surface area contributed by atoms with E-state index in [2.05, 4.69) is 25.1 Å². The Kier molecular flexibility index (Phi) is 14.9. The third kappa shape index (κ3) is 11.5. The van der Waals surface area contributed by atoms with Crippen LogP contribution in [0.1, 0.15) is 82.3 Å². The van der Waals surface area contributed by atoms with E-state index in [1.165, 1.54) is 55.0 Å². The van der Waals surface area contributed by atoms with Crippen molar-refractivity contribution in [2.24, 2.45) is 4.99 Å². The number of thiocarbonyl (C=S) groups is 1. The highest BCUT2D eigenvalue weighted by molar-refractivity contribution is 7.89. The number of fused-ring (bicyclic) bond motifs is 1. The first-order chi connectivity index (χ1) is 26.9. The van der Waals surface area contributed by atoms with E-state index in [9.17, 15) is 30.0 Å². The summed E-state index contributed by atoms with van der Waals surface area (Å²) in [6.07, 6.45) is 9.79. The first kappa shape index (κ1) is 42.6. The SMILES string of the molecule is N=N.O=S(=O)(NC1CCCCC1)c1ccc(F)c(C(=S)Nc2ccc(F)cc2)c1.O=S(=O)(NC1CCCCC1)c1ccc2c(c1)C(Nc1ccc(F)cc1)=NC2.[HH]. The average molecular weight is 830 g/mol. The molecule has 1 heterocycles. The zero-order chi connectivity index (χ0) is 40.3. The Morgan fingerprint density at radius 1 is 0.661 bits per heavy atom. The van der Waals surface area contributed by atoms with Gasteiger partial charge in [-0.05, 0) is 110 Å². The Balaban J connectivity index is 0.000000238. The van der Waals surface area contributed by atoms with Gasteiger partial charge in [0.25, 0.3) is 0 Å². The number of aliphatic imine (C=N–C) groups is 1. The number of amidine groups is 1. The van der Waals surface area contributed by atoms with Gasteiger partial charge in [-0.15, -0.1) is 0 Å². The Labute approximate surface area is 332 Å². The Morgan fingerprint density at radius 2 is 1.14 bits per heavy atom. The number of rotatable bonds is 9. The molecule has 4 aromatic rings. The summed E-state index contributed by atoms with van der Waals surface area (Å²) in [5.41, 5.74) is 12.9. The van der Waals surface area contributed by atoms with Gasteiger partial charge in [-0.2, -0.15) is 0 Å². The molecule has 0 saturated heterocycles. The second-order valence-corrected chi connectivity index (χ2v) is 17.5. The van der Waals surface area contributed by atoms with Crippen LogP contribution >= 0.6 is 12.2 Å². The topological polar surface area (TPSA) is 176 Å². The molecule has 2 saturated carbocycles. The maximum absolute atomic E-state index is 14.2. The molecule has 11 nitrogen and oxygen atoms in total. The molecule has 0 amide bonds. The lowest BCUT2D eigenvalue weighted by Crippen LogP contribution is -2.36. The fourth-order valence-corrected chi connectivity index (χ4v) is 9.64. The van der Waals surface area contributed by atoms with Crippen molar-refractivity contribution in [2.45, 2.75) is 92.6 Å². The Bertz CT molecular complexity index is 2180. The van der Waals surface area contributed by atoms with Crippen molar-refractivity contribution in [1.29, 1.82) is 11.1 Å². The van der Waals surface area contributed by atoms with Crippen LogP contribution in [-0.2, 0) is 26.6 Å². The van der Waals surface area contributed by atoms with Crippen LogP contribution in [0.4, 0.5) is 24.5 Å². The number of halogens is 3. The molecule has 300 valence electrons. The average Bonchev–Trinajstić information content (AvgIpc) is 3.60. The van der Waals surface area contributed by atoms with E-state index >= 15 is 0 Å². The van der Waals surface area contributed by atoms with E-state index in [0.29, 0.717) is 23.8 Å². The maximum Gasteiger partial charge on any atom is 0.240 e. The Hall–Kier alpha value is -4.55. The highest BCUT2D eigenvalue weighted by Gasteiger charge is 2.26. The molecule has 6 N–H and O–H groups in total. The monoisotopic (exact) mass is 829 g/mol. The lowest BCUT2D eigenvalue weighted by atomic mass is 9.96. The van der Waals surface area contributed by atoms with E-state index in [-0.39, 0.29) is 39.7 Å². The van der Waals surface area contributed by atoms with Gasteiger partial charge in [0.05, 0.1) is 16.3 Å². The van der Waals surface area contributed by atoms with Crippen molar-refractivity contribution in [3.63, 3.8) is 0 Å². The molecule has 3 aliphatic rings. The van der Waals surface area contributed by atoms with Crippen LogP contribution in [0.5, 0.6) is 0 Å². The highest BCUT2D eigenvalue weighted by Crippen LogP contribution is 2.26. The first-order valence-electron chi connectivity index (χ1n) is 18.2. The van der Waals surface area contributed by atoms with E-state index in [1.807, 2.05) is 6.07 Å². The summed E-state index contributed by atoms with van der Waals surface area (Å²) in [7, 11) is -7.33. The van der Waals surface area contributed by atoms with Gasteiger partial charge in [-0.1, -0.05) is 56.8 Å². The van der Waals surface area contributed by atoms with Gasteiger partial charge in [-0.25, -0.2) is 50.5 Å². The van der Waals surface area contributed by atoms with Gasteiger partial charge in [0.2, 0.25) is 20.0 Å². The van der Waals surface area contributed by atoms with Crippen LogP contribution in [-0.4, -0.2) is 39.7 Å². The minimum absolute atomic E-state index is 0. The highest BCUT2D eigenvalue weighted by atomic mass is 32.2. The molecular formula is C39H46F3N7O4S3. The summed E-state index contributed by atoms with van der Waals surface area (Å²) in [5, 5.41) is 5.95. The van der Waals surface area contributed by atoms with Gasteiger partial charge >= 0.3 is 0 Å². The second kappa shape index (κ2) is 19.5. The maximum atomic E-state index is 14.2. The number of benzene rings is 4. The molecule has 0 spiro atoms. The van der Waals surface area contributed by atoms with E-state index < -0.39 is 31.7 Å². The number of sulfonamides is 2. The number of nitrogens with one attached hydrogen (secondary N) is 6. The zero-order valence-corrected chi connectivity index (χ0v) is 32.9. The normalized spacial score (nSPS) is 15.9. The molecule has 2 aliphatic carbocycles. The predicted molar refractivity (Wildman–Crippen MR) is 217 cm³/mol.